The molecule has 0 saturated heterocycles. The molecule has 1 N–H and O–H groups in total. The Balaban J connectivity index is 4.21. The van der Waals surface area contributed by atoms with Gasteiger partial charge < -0.3 is 23.8 Å². The Morgan fingerprint density at radius 3 is 1.28 bits per heavy atom. The zero-order valence-electron chi connectivity index (χ0n) is 43.2. The number of quaternary nitrogens is 1. The fourth-order valence-corrected chi connectivity index (χ4v) is 8.09. The van der Waals surface area contributed by atoms with E-state index in [1.54, 1.807) is 0 Å². The zero-order chi connectivity index (χ0) is 47.7. The van der Waals surface area contributed by atoms with Gasteiger partial charge in [0.2, 0.25) is 0 Å². The second kappa shape index (κ2) is 47.8. The average molecular weight is 915 g/mol. The van der Waals surface area contributed by atoms with E-state index in [4.69, 9.17) is 14.2 Å². The van der Waals surface area contributed by atoms with Gasteiger partial charge >= 0.3 is 17.9 Å². The predicted molar refractivity (Wildman–Crippen MR) is 275 cm³/mol. The van der Waals surface area contributed by atoms with Gasteiger partial charge in [-0.3, -0.25) is 9.59 Å². The quantitative estimate of drug-likeness (QED) is 0.0281. The van der Waals surface area contributed by atoms with Crippen LogP contribution in [-0.4, -0.2) is 80.6 Å². The third-order valence-corrected chi connectivity index (χ3v) is 12.2. The smallest absolute Gasteiger partial charge is 0.362 e. The molecule has 8 nitrogen and oxygen atoms in total. The van der Waals surface area contributed by atoms with Crippen LogP contribution in [0.1, 0.15) is 245 Å². The summed E-state index contributed by atoms with van der Waals surface area (Å²) in [5.74, 6) is -1.46. The highest BCUT2D eigenvalue weighted by Crippen LogP contribution is 2.17. The number of carboxylic acids is 1. The van der Waals surface area contributed by atoms with Crippen molar-refractivity contribution in [2.24, 2.45) is 0 Å². The van der Waals surface area contributed by atoms with Crippen LogP contribution in [0.25, 0.3) is 0 Å². The number of hydrogen-bond donors (Lipinski definition) is 1. The molecule has 0 aliphatic carbocycles. The van der Waals surface area contributed by atoms with Crippen LogP contribution < -0.4 is 0 Å². The average Bonchev–Trinajstić information content (AvgIpc) is 3.27. The van der Waals surface area contributed by atoms with Gasteiger partial charge in [-0.1, -0.05) is 223 Å². The summed E-state index contributed by atoms with van der Waals surface area (Å²) in [6.07, 6.45) is 58.8. The summed E-state index contributed by atoms with van der Waals surface area (Å²) in [6.45, 7) is 4.65. The van der Waals surface area contributed by atoms with Crippen LogP contribution in [0, 0.1) is 0 Å². The molecule has 0 amide bonds. The first-order valence-corrected chi connectivity index (χ1v) is 27.2. The van der Waals surface area contributed by atoms with Crippen molar-refractivity contribution in [2.75, 3.05) is 41.0 Å². The Labute approximate surface area is 401 Å². The molecule has 0 aromatic carbocycles. The first-order chi connectivity index (χ1) is 31.6. The first-order valence-electron chi connectivity index (χ1n) is 27.2. The molecule has 2 unspecified atom stereocenters. The molecule has 0 spiro atoms. The molecule has 8 heteroatoms. The highest BCUT2D eigenvalue weighted by Gasteiger charge is 2.31. The van der Waals surface area contributed by atoms with Crippen LogP contribution in [0.15, 0.2) is 48.6 Å². The van der Waals surface area contributed by atoms with E-state index in [1.807, 2.05) is 21.1 Å². The Kier molecular flexibility index (Phi) is 45.8. The molecule has 0 aliphatic heterocycles. The minimum absolute atomic E-state index is 0.0518. The van der Waals surface area contributed by atoms with Crippen molar-refractivity contribution >= 4 is 17.9 Å². The van der Waals surface area contributed by atoms with Gasteiger partial charge in [0.15, 0.2) is 12.1 Å². The van der Waals surface area contributed by atoms with Crippen molar-refractivity contribution in [2.45, 2.75) is 257 Å². The Bertz CT molecular complexity index is 1200. The maximum absolute atomic E-state index is 12.8. The van der Waals surface area contributed by atoms with Crippen molar-refractivity contribution in [1.82, 2.24) is 0 Å². The predicted octanol–water partition coefficient (Wildman–Crippen LogP) is 15.9. The number of aliphatic carboxylic acids is 1. The molecule has 0 fully saturated rings. The lowest BCUT2D eigenvalue weighted by atomic mass is 10.0. The molecule has 0 aromatic heterocycles. The molecule has 0 bridgehead atoms. The maximum atomic E-state index is 12.8. The molecule has 0 heterocycles. The van der Waals surface area contributed by atoms with E-state index in [2.05, 4.69) is 62.5 Å². The number of esters is 2. The summed E-state index contributed by atoms with van der Waals surface area (Å²) in [5.41, 5.74) is 0. The van der Waals surface area contributed by atoms with E-state index in [9.17, 15) is 19.5 Å². The van der Waals surface area contributed by atoms with Crippen LogP contribution in [0.5, 0.6) is 0 Å². The van der Waals surface area contributed by atoms with Gasteiger partial charge in [0.05, 0.1) is 34.4 Å². The minimum atomic E-state index is -0.874. The van der Waals surface area contributed by atoms with E-state index in [1.165, 1.54) is 141 Å². The summed E-state index contributed by atoms with van der Waals surface area (Å²) in [5, 5.41) is 9.67. The molecular weight excluding hydrogens is 811 g/mol. The number of rotatable bonds is 49. The van der Waals surface area contributed by atoms with Crippen molar-refractivity contribution in [3.05, 3.63) is 48.6 Å². The normalized spacial score (nSPS) is 13.2. The molecule has 0 saturated carbocycles. The summed E-state index contributed by atoms with van der Waals surface area (Å²) in [6, 6.07) is -0.617. The van der Waals surface area contributed by atoms with Crippen molar-refractivity contribution in [3.8, 4) is 0 Å². The van der Waals surface area contributed by atoms with Crippen LogP contribution in [0.3, 0.4) is 0 Å². The molecular formula is C57H104NO7+. The van der Waals surface area contributed by atoms with Gasteiger partial charge in [0, 0.05) is 19.3 Å². The second-order valence-corrected chi connectivity index (χ2v) is 19.5. The Hall–Kier alpha value is -2.71. The molecule has 0 aromatic rings. The molecule has 0 radical (unpaired) electrons. The molecule has 0 rings (SSSR count). The van der Waals surface area contributed by atoms with Gasteiger partial charge in [-0.15, -0.1) is 0 Å². The number of likely N-dealkylation sites (N-methyl/N-ethyl adjacent to an activating group) is 1. The molecule has 0 aliphatic rings. The van der Waals surface area contributed by atoms with Gasteiger partial charge in [0.25, 0.3) is 0 Å². The van der Waals surface area contributed by atoms with Gasteiger partial charge in [-0.05, 0) is 51.4 Å². The van der Waals surface area contributed by atoms with Crippen molar-refractivity contribution < 1.29 is 38.2 Å². The standard InChI is InChI=1S/C57H103NO7/c1-6-8-10-12-14-16-18-20-22-24-26-28-30-32-34-36-38-40-42-44-46-48-56(60)65-53(51-63-50-49-54(57(61)62)58(3,4)5)52-64-55(59)47-45-43-41-39-37-35-33-31-29-27-25-23-21-19-17-15-13-11-9-7-2/h8,10,14,16,20,22,26,28,53-54H,6-7,9,11-13,15,17-19,21,23-25,27,29-52H2,1-5H3/p+1/b10-8-,16-14-,22-20-,28-26-. The fraction of sp³-hybridized carbons (Fsp3) is 0.807. The lowest BCUT2D eigenvalue weighted by Crippen LogP contribution is -2.50. The second-order valence-electron chi connectivity index (χ2n) is 19.5. The summed E-state index contributed by atoms with van der Waals surface area (Å²) < 4.78 is 17.4. The van der Waals surface area contributed by atoms with Crippen LogP contribution in [0.2, 0.25) is 0 Å². The topological polar surface area (TPSA) is 99.1 Å². The third kappa shape index (κ3) is 46.2. The number of carbonyl (C=O) groups is 3. The first kappa shape index (κ1) is 62.3. The van der Waals surface area contributed by atoms with Gasteiger partial charge in [-0.2, -0.15) is 0 Å². The lowest BCUT2D eigenvalue weighted by molar-refractivity contribution is -0.887. The Morgan fingerprint density at radius 2 is 0.862 bits per heavy atom. The van der Waals surface area contributed by atoms with Crippen molar-refractivity contribution in [3.63, 3.8) is 0 Å². The van der Waals surface area contributed by atoms with Gasteiger partial charge in [-0.25, -0.2) is 4.79 Å². The number of hydrogen-bond acceptors (Lipinski definition) is 6. The van der Waals surface area contributed by atoms with Crippen LogP contribution in [-0.2, 0) is 28.6 Å². The van der Waals surface area contributed by atoms with E-state index < -0.39 is 18.1 Å². The van der Waals surface area contributed by atoms with E-state index in [0.717, 1.165) is 70.6 Å². The summed E-state index contributed by atoms with van der Waals surface area (Å²) in [7, 11) is 5.54. The fourth-order valence-electron chi connectivity index (χ4n) is 8.09. The molecule has 378 valence electrons. The molecule has 2 atom stereocenters. The molecule has 65 heavy (non-hydrogen) atoms. The summed E-state index contributed by atoms with van der Waals surface area (Å²) in [4.78, 5) is 37.2. The number of allylic oxidation sites excluding steroid dienone is 8. The van der Waals surface area contributed by atoms with E-state index >= 15 is 0 Å². The van der Waals surface area contributed by atoms with E-state index in [0.29, 0.717) is 19.3 Å². The van der Waals surface area contributed by atoms with Gasteiger partial charge in [0.1, 0.15) is 6.61 Å². The zero-order valence-corrected chi connectivity index (χ0v) is 43.2. The number of nitrogens with zero attached hydrogens (tertiary/aromatic N) is 1. The lowest BCUT2D eigenvalue weighted by Gasteiger charge is -2.31. The van der Waals surface area contributed by atoms with Crippen molar-refractivity contribution in [1.29, 1.82) is 0 Å². The summed E-state index contributed by atoms with van der Waals surface area (Å²) >= 11 is 0. The number of carbonyl (C=O) groups excluding carboxylic acids is 2. The minimum Gasteiger partial charge on any atom is -0.477 e. The third-order valence-electron chi connectivity index (χ3n) is 12.2. The maximum Gasteiger partial charge on any atom is 0.362 e. The number of ether oxygens (including phenoxy) is 3. The van der Waals surface area contributed by atoms with Crippen LogP contribution >= 0.6 is 0 Å². The SMILES string of the molecule is CC/C=C\C/C=C\C/C=C\C/C=C\CCCCCCCCCCC(=O)OC(COCCC(C(=O)O)[N+](C)(C)C)COC(=O)CCCCCCCCCCCCCCCCCCCCCC. The van der Waals surface area contributed by atoms with E-state index in [-0.39, 0.29) is 36.2 Å². The highest BCUT2D eigenvalue weighted by atomic mass is 16.6. The van der Waals surface area contributed by atoms with Crippen LogP contribution in [0.4, 0.5) is 0 Å². The number of carboxylic acid groups (broad SMARTS) is 1. The Morgan fingerprint density at radius 1 is 0.477 bits per heavy atom. The number of unbranched alkanes of at least 4 members (excludes halogenated alkanes) is 27. The highest BCUT2D eigenvalue weighted by molar-refractivity contribution is 5.72. The largest absolute Gasteiger partial charge is 0.477 e. The monoisotopic (exact) mass is 915 g/mol.